The predicted octanol–water partition coefficient (Wildman–Crippen LogP) is 1.79. The summed E-state index contributed by atoms with van der Waals surface area (Å²) in [6.07, 6.45) is 9.99. The molecule has 0 rings (SSSR count). The summed E-state index contributed by atoms with van der Waals surface area (Å²) in [6, 6.07) is 0. The number of aliphatic hydroxyl groups is 1. The van der Waals surface area contributed by atoms with Crippen LogP contribution in [0.5, 0.6) is 0 Å². The lowest BCUT2D eigenvalue weighted by molar-refractivity contribution is -0.116. The monoisotopic (exact) mass is 211 g/mol. The molecule has 0 saturated heterocycles. The van der Waals surface area contributed by atoms with E-state index in [1.54, 1.807) is 6.92 Å². The van der Waals surface area contributed by atoms with Crippen LogP contribution in [0.2, 0.25) is 0 Å². The van der Waals surface area contributed by atoms with Crippen LogP contribution in [0.1, 0.15) is 33.1 Å². The zero-order chi connectivity index (χ0) is 11.5. The maximum atomic E-state index is 11.1. The molecule has 86 valence electrons. The van der Waals surface area contributed by atoms with E-state index in [-0.39, 0.29) is 5.91 Å². The van der Waals surface area contributed by atoms with Gasteiger partial charge in [-0.05, 0) is 32.3 Å². The van der Waals surface area contributed by atoms with Gasteiger partial charge in [0.2, 0.25) is 5.91 Å². The van der Waals surface area contributed by atoms with Crippen molar-refractivity contribution >= 4 is 5.91 Å². The molecule has 1 atom stereocenters. The highest BCUT2D eigenvalue weighted by Gasteiger charge is 1.97. The highest BCUT2D eigenvalue weighted by molar-refractivity contribution is 5.87. The zero-order valence-corrected chi connectivity index (χ0v) is 9.57. The molecule has 0 radical (unpaired) electrons. The van der Waals surface area contributed by atoms with Gasteiger partial charge in [-0.1, -0.05) is 25.2 Å². The molecule has 0 aliphatic rings. The second-order valence-corrected chi connectivity index (χ2v) is 3.45. The first-order chi connectivity index (χ1) is 7.16. The van der Waals surface area contributed by atoms with E-state index in [0.29, 0.717) is 6.54 Å². The number of amides is 1. The molecule has 2 N–H and O–H groups in total. The number of nitrogens with one attached hydrogen (secondary N) is 1. The first-order valence-corrected chi connectivity index (χ1v) is 5.44. The number of carbonyl (C=O) groups excluding carboxylic acids is 1. The van der Waals surface area contributed by atoms with Gasteiger partial charge in [-0.2, -0.15) is 0 Å². The van der Waals surface area contributed by atoms with Gasteiger partial charge in [0, 0.05) is 6.54 Å². The van der Waals surface area contributed by atoms with Crippen molar-refractivity contribution in [3.63, 3.8) is 0 Å². The van der Waals surface area contributed by atoms with Gasteiger partial charge < -0.3 is 10.4 Å². The summed E-state index contributed by atoms with van der Waals surface area (Å²) in [5.41, 5.74) is 0. The molecule has 0 saturated carbocycles. The Bertz CT molecular complexity index is 220. The molecular formula is C12H21NO2. The fourth-order valence-corrected chi connectivity index (χ4v) is 0.975. The van der Waals surface area contributed by atoms with E-state index in [1.807, 2.05) is 6.08 Å². The largest absolute Gasteiger partial charge is 0.392 e. The van der Waals surface area contributed by atoms with Crippen LogP contribution in [0.25, 0.3) is 0 Å². The predicted molar refractivity (Wildman–Crippen MR) is 62.5 cm³/mol. The summed E-state index contributed by atoms with van der Waals surface area (Å²) >= 11 is 0. The van der Waals surface area contributed by atoms with Crippen LogP contribution in [-0.4, -0.2) is 23.7 Å². The maximum Gasteiger partial charge on any atom is 0.243 e. The summed E-state index contributed by atoms with van der Waals surface area (Å²) < 4.78 is 0. The Labute approximate surface area is 91.9 Å². The minimum Gasteiger partial charge on any atom is -0.392 e. The van der Waals surface area contributed by atoms with Gasteiger partial charge in [0.1, 0.15) is 0 Å². The first-order valence-electron chi connectivity index (χ1n) is 5.44. The third-order valence-electron chi connectivity index (χ3n) is 1.74. The minimum absolute atomic E-state index is 0.143. The summed E-state index contributed by atoms with van der Waals surface area (Å²) in [5, 5.41) is 11.5. The Morgan fingerprint density at radius 1 is 1.33 bits per heavy atom. The summed E-state index contributed by atoms with van der Waals surface area (Å²) in [6.45, 7) is 4.04. The lowest BCUT2D eigenvalue weighted by Gasteiger charge is -2.03. The third kappa shape index (κ3) is 10.8. The molecule has 1 unspecified atom stereocenters. The van der Waals surface area contributed by atoms with Gasteiger partial charge >= 0.3 is 0 Å². The molecule has 0 bridgehead atoms. The van der Waals surface area contributed by atoms with Crippen molar-refractivity contribution in [2.75, 3.05) is 6.54 Å². The van der Waals surface area contributed by atoms with Crippen LogP contribution in [-0.2, 0) is 4.79 Å². The molecule has 0 aromatic heterocycles. The van der Waals surface area contributed by atoms with E-state index < -0.39 is 6.10 Å². The normalized spacial score (nSPS) is 13.5. The second kappa shape index (κ2) is 9.46. The average Bonchev–Trinajstić information content (AvgIpc) is 2.20. The van der Waals surface area contributed by atoms with E-state index in [2.05, 4.69) is 24.4 Å². The van der Waals surface area contributed by atoms with Gasteiger partial charge in [0.15, 0.2) is 0 Å². The van der Waals surface area contributed by atoms with E-state index in [4.69, 9.17) is 5.11 Å². The number of allylic oxidation sites excluding steroid dienone is 3. The van der Waals surface area contributed by atoms with Crippen molar-refractivity contribution in [3.05, 3.63) is 24.3 Å². The molecule has 0 heterocycles. The van der Waals surface area contributed by atoms with Crippen molar-refractivity contribution in [2.24, 2.45) is 0 Å². The molecule has 0 aliphatic carbocycles. The lowest BCUT2D eigenvalue weighted by atomic mass is 10.2. The number of rotatable bonds is 7. The quantitative estimate of drug-likeness (QED) is 0.383. The molecule has 0 aromatic carbocycles. The van der Waals surface area contributed by atoms with Gasteiger partial charge in [0.25, 0.3) is 0 Å². The average molecular weight is 211 g/mol. The highest BCUT2D eigenvalue weighted by Crippen LogP contribution is 1.93. The Morgan fingerprint density at radius 2 is 2.00 bits per heavy atom. The van der Waals surface area contributed by atoms with Crippen LogP contribution in [0, 0.1) is 0 Å². The van der Waals surface area contributed by atoms with Crippen LogP contribution >= 0.6 is 0 Å². The fraction of sp³-hybridized carbons (Fsp3) is 0.583. The van der Waals surface area contributed by atoms with Gasteiger partial charge in [-0.15, -0.1) is 0 Å². The van der Waals surface area contributed by atoms with Gasteiger partial charge in [-0.3, -0.25) is 4.79 Å². The topological polar surface area (TPSA) is 49.3 Å². The molecule has 15 heavy (non-hydrogen) atoms. The van der Waals surface area contributed by atoms with Crippen molar-refractivity contribution in [1.82, 2.24) is 5.32 Å². The Balaban J connectivity index is 3.50. The van der Waals surface area contributed by atoms with Crippen molar-refractivity contribution < 1.29 is 9.90 Å². The van der Waals surface area contributed by atoms with Gasteiger partial charge in [-0.25, -0.2) is 0 Å². The number of hydrogen-bond donors (Lipinski definition) is 2. The molecule has 0 fully saturated rings. The number of aliphatic hydroxyl groups excluding tert-OH is 1. The molecule has 1 amide bonds. The summed E-state index contributed by atoms with van der Waals surface area (Å²) in [5.74, 6) is -0.143. The standard InChI is InChI=1S/C12H21NO2/c1-3-4-5-6-7-8-9-12(15)13-10-11(2)14/h4-5,8-9,11,14H,3,6-7,10H2,1-2H3,(H,13,15)/b5-4-,9-8+. The first kappa shape index (κ1) is 13.9. The van der Waals surface area contributed by atoms with Crippen LogP contribution in [0.3, 0.4) is 0 Å². The molecule has 0 spiro atoms. The third-order valence-corrected chi connectivity index (χ3v) is 1.74. The maximum absolute atomic E-state index is 11.1. The van der Waals surface area contributed by atoms with Crippen molar-refractivity contribution in [1.29, 1.82) is 0 Å². The molecular weight excluding hydrogens is 190 g/mol. The van der Waals surface area contributed by atoms with E-state index >= 15 is 0 Å². The lowest BCUT2D eigenvalue weighted by Crippen LogP contribution is -2.28. The SMILES string of the molecule is CC/C=C\CC/C=C/C(=O)NCC(C)O. The summed E-state index contributed by atoms with van der Waals surface area (Å²) in [4.78, 5) is 11.1. The second-order valence-electron chi connectivity index (χ2n) is 3.45. The number of carbonyl (C=O) groups is 1. The van der Waals surface area contributed by atoms with Crippen LogP contribution < -0.4 is 5.32 Å². The molecule has 3 heteroatoms. The Kier molecular flexibility index (Phi) is 8.78. The smallest absolute Gasteiger partial charge is 0.243 e. The van der Waals surface area contributed by atoms with Crippen LogP contribution in [0.4, 0.5) is 0 Å². The Hall–Kier alpha value is -1.09. The van der Waals surface area contributed by atoms with Crippen molar-refractivity contribution in [3.8, 4) is 0 Å². The fourth-order valence-electron chi connectivity index (χ4n) is 0.975. The van der Waals surface area contributed by atoms with E-state index in [0.717, 1.165) is 19.3 Å². The van der Waals surface area contributed by atoms with Gasteiger partial charge in [0.05, 0.1) is 6.10 Å². The Morgan fingerprint density at radius 3 is 2.60 bits per heavy atom. The minimum atomic E-state index is -0.491. The van der Waals surface area contributed by atoms with E-state index in [1.165, 1.54) is 6.08 Å². The van der Waals surface area contributed by atoms with E-state index in [9.17, 15) is 4.79 Å². The molecule has 0 aliphatic heterocycles. The molecule has 0 aromatic rings. The van der Waals surface area contributed by atoms with Crippen LogP contribution in [0.15, 0.2) is 24.3 Å². The molecule has 3 nitrogen and oxygen atoms in total. The highest BCUT2D eigenvalue weighted by atomic mass is 16.3. The van der Waals surface area contributed by atoms with Crippen molar-refractivity contribution in [2.45, 2.75) is 39.2 Å². The zero-order valence-electron chi connectivity index (χ0n) is 9.57. The summed E-state index contributed by atoms with van der Waals surface area (Å²) in [7, 11) is 0. The number of hydrogen-bond acceptors (Lipinski definition) is 2. The number of unbranched alkanes of at least 4 members (excludes halogenated alkanes) is 1.